The van der Waals surface area contributed by atoms with Crippen LogP contribution in [0.3, 0.4) is 0 Å². The van der Waals surface area contributed by atoms with Gasteiger partial charge in [0, 0.05) is 11.8 Å². The Morgan fingerprint density at radius 2 is 2.18 bits per heavy atom. The van der Waals surface area contributed by atoms with Crippen LogP contribution in [0.2, 0.25) is 0 Å². The number of halogens is 1. The number of hydrogen-bond acceptors (Lipinski definition) is 3. The number of carbonyl (C=O) groups is 1. The number of amides is 1. The minimum atomic E-state index is -0.643. The van der Waals surface area contributed by atoms with Crippen LogP contribution in [0.1, 0.15) is 16.2 Å². The Balaban J connectivity index is 2.40. The predicted molar refractivity (Wildman–Crippen MR) is 80.4 cm³/mol. The first-order chi connectivity index (χ1) is 10.5. The number of ether oxygens (including phenoxy) is 1. The Labute approximate surface area is 126 Å². The van der Waals surface area contributed by atoms with Gasteiger partial charge in [-0.2, -0.15) is 0 Å². The molecule has 2 aromatic heterocycles. The Morgan fingerprint density at radius 3 is 2.86 bits per heavy atom. The third-order valence-corrected chi connectivity index (χ3v) is 3.58. The quantitative estimate of drug-likeness (QED) is 0.808. The van der Waals surface area contributed by atoms with Gasteiger partial charge in [-0.3, -0.25) is 4.79 Å². The van der Waals surface area contributed by atoms with Gasteiger partial charge in [-0.1, -0.05) is 6.07 Å². The molecule has 22 heavy (non-hydrogen) atoms. The van der Waals surface area contributed by atoms with E-state index in [9.17, 15) is 9.18 Å². The van der Waals surface area contributed by atoms with E-state index >= 15 is 0 Å². The summed E-state index contributed by atoms with van der Waals surface area (Å²) in [5.74, 6) is -0.0784. The lowest BCUT2D eigenvalue weighted by Crippen LogP contribution is -2.14. The van der Waals surface area contributed by atoms with Crippen molar-refractivity contribution in [3.8, 4) is 16.9 Å². The average molecular weight is 299 g/mol. The SMILES string of the molecule is COc1cccc(F)c1-c1cc2cnc(C)n2cc1C(N)=O. The molecule has 6 heteroatoms. The molecule has 2 N–H and O–H groups in total. The van der Waals surface area contributed by atoms with Gasteiger partial charge in [0.2, 0.25) is 0 Å². The molecular formula is C16H14FN3O2. The maximum atomic E-state index is 14.3. The van der Waals surface area contributed by atoms with Crippen molar-refractivity contribution in [3.63, 3.8) is 0 Å². The van der Waals surface area contributed by atoms with Crippen LogP contribution in [0.25, 0.3) is 16.6 Å². The van der Waals surface area contributed by atoms with Crippen LogP contribution in [0.5, 0.6) is 5.75 Å². The van der Waals surface area contributed by atoms with Gasteiger partial charge in [-0.15, -0.1) is 0 Å². The summed E-state index contributed by atoms with van der Waals surface area (Å²) >= 11 is 0. The fourth-order valence-electron chi connectivity index (χ4n) is 2.51. The number of methoxy groups -OCH3 is 1. The number of rotatable bonds is 3. The zero-order chi connectivity index (χ0) is 15.9. The standard InChI is InChI=1S/C16H14FN3O2/c1-9-19-7-10-6-11(12(16(18)21)8-20(9)10)15-13(17)4-3-5-14(15)22-2/h3-8H,1-2H3,(H2,18,21). The van der Waals surface area contributed by atoms with Gasteiger partial charge in [-0.05, 0) is 25.1 Å². The molecule has 0 aliphatic rings. The monoisotopic (exact) mass is 299 g/mol. The summed E-state index contributed by atoms with van der Waals surface area (Å²) in [6.45, 7) is 1.81. The van der Waals surface area contributed by atoms with Crippen LogP contribution in [0.4, 0.5) is 4.39 Å². The number of primary amides is 1. The highest BCUT2D eigenvalue weighted by Crippen LogP contribution is 2.35. The Bertz CT molecular complexity index is 886. The second-order valence-corrected chi connectivity index (χ2v) is 4.88. The summed E-state index contributed by atoms with van der Waals surface area (Å²) in [4.78, 5) is 16.0. The van der Waals surface area contributed by atoms with E-state index in [0.717, 1.165) is 5.52 Å². The van der Waals surface area contributed by atoms with E-state index in [1.807, 2.05) is 0 Å². The summed E-state index contributed by atoms with van der Waals surface area (Å²) < 4.78 is 21.3. The summed E-state index contributed by atoms with van der Waals surface area (Å²) in [6, 6.07) is 6.17. The van der Waals surface area contributed by atoms with Crippen molar-refractivity contribution in [1.82, 2.24) is 9.38 Å². The van der Waals surface area contributed by atoms with E-state index in [-0.39, 0.29) is 11.1 Å². The largest absolute Gasteiger partial charge is 0.496 e. The van der Waals surface area contributed by atoms with Gasteiger partial charge in [0.15, 0.2) is 0 Å². The lowest BCUT2D eigenvalue weighted by atomic mass is 9.99. The Morgan fingerprint density at radius 1 is 1.41 bits per heavy atom. The fourth-order valence-corrected chi connectivity index (χ4v) is 2.51. The maximum Gasteiger partial charge on any atom is 0.250 e. The van der Waals surface area contributed by atoms with Crippen LogP contribution < -0.4 is 10.5 Å². The number of pyridine rings is 1. The van der Waals surface area contributed by atoms with Gasteiger partial charge in [0.05, 0.1) is 30.0 Å². The molecular weight excluding hydrogens is 285 g/mol. The molecule has 0 unspecified atom stereocenters. The molecule has 0 bridgehead atoms. The van der Waals surface area contributed by atoms with Crippen LogP contribution in [-0.4, -0.2) is 22.4 Å². The number of aryl methyl sites for hydroxylation is 1. The Kier molecular flexibility index (Phi) is 3.29. The highest BCUT2D eigenvalue weighted by Gasteiger charge is 2.19. The number of carbonyl (C=O) groups excluding carboxylic acids is 1. The molecule has 0 radical (unpaired) electrons. The molecule has 112 valence electrons. The summed E-state index contributed by atoms with van der Waals surface area (Å²) in [6.07, 6.45) is 3.22. The third kappa shape index (κ3) is 2.09. The van der Waals surface area contributed by atoms with Gasteiger partial charge >= 0.3 is 0 Å². The topological polar surface area (TPSA) is 69.6 Å². The van der Waals surface area contributed by atoms with Gasteiger partial charge in [-0.25, -0.2) is 9.37 Å². The summed E-state index contributed by atoms with van der Waals surface area (Å²) in [5, 5.41) is 0. The van der Waals surface area contributed by atoms with Crippen LogP contribution in [0.15, 0.2) is 36.7 Å². The number of fused-ring (bicyclic) bond motifs is 1. The molecule has 0 spiro atoms. The number of benzene rings is 1. The zero-order valence-electron chi connectivity index (χ0n) is 12.1. The molecule has 1 amide bonds. The van der Waals surface area contributed by atoms with E-state index in [0.29, 0.717) is 17.1 Å². The fraction of sp³-hybridized carbons (Fsp3) is 0.125. The van der Waals surface area contributed by atoms with E-state index in [2.05, 4.69) is 4.98 Å². The molecule has 1 aromatic carbocycles. The molecule has 0 saturated carbocycles. The molecule has 0 aliphatic heterocycles. The summed E-state index contributed by atoms with van der Waals surface area (Å²) in [7, 11) is 1.45. The third-order valence-electron chi connectivity index (χ3n) is 3.58. The molecule has 3 rings (SSSR count). The van der Waals surface area contributed by atoms with E-state index in [1.54, 1.807) is 41.9 Å². The second-order valence-electron chi connectivity index (χ2n) is 4.88. The number of nitrogens with two attached hydrogens (primary N) is 1. The molecule has 0 aliphatic carbocycles. The first kappa shape index (κ1) is 14.1. The second kappa shape index (κ2) is 5.14. The molecule has 0 fully saturated rings. The van der Waals surface area contributed by atoms with Crippen molar-refractivity contribution in [1.29, 1.82) is 0 Å². The summed E-state index contributed by atoms with van der Waals surface area (Å²) in [5.41, 5.74) is 7.00. The molecule has 3 aromatic rings. The van der Waals surface area contributed by atoms with Crippen molar-refractivity contribution in [2.75, 3.05) is 7.11 Å². The van der Waals surface area contributed by atoms with E-state index < -0.39 is 11.7 Å². The van der Waals surface area contributed by atoms with E-state index in [1.165, 1.54) is 13.2 Å². The molecule has 0 atom stereocenters. The van der Waals surface area contributed by atoms with Gasteiger partial charge < -0.3 is 14.9 Å². The van der Waals surface area contributed by atoms with Crippen LogP contribution >= 0.6 is 0 Å². The Hall–Kier alpha value is -2.89. The molecule has 2 heterocycles. The van der Waals surface area contributed by atoms with Crippen molar-refractivity contribution in [2.24, 2.45) is 5.73 Å². The minimum absolute atomic E-state index is 0.206. The lowest BCUT2D eigenvalue weighted by molar-refractivity contribution is 0.100. The number of hydrogen-bond donors (Lipinski definition) is 1. The van der Waals surface area contributed by atoms with E-state index in [4.69, 9.17) is 10.5 Å². The average Bonchev–Trinajstić information content (AvgIpc) is 2.86. The number of aromatic nitrogens is 2. The van der Waals surface area contributed by atoms with Crippen molar-refractivity contribution >= 4 is 11.4 Å². The number of imidazole rings is 1. The van der Waals surface area contributed by atoms with Gasteiger partial charge in [0.25, 0.3) is 5.91 Å². The highest BCUT2D eigenvalue weighted by atomic mass is 19.1. The van der Waals surface area contributed by atoms with Crippen molar-refractivity contribution < 1.29 is 13.9 Å². The zero-order valence-corrected chi connectivity index (χ0v) is 12.1. The normalized spacial score (nSPS) is 10.9. The first-order valence-electron chi connectivity index (χ1n) is 6.63. The minimum Gasteiger partial charge on any atom is -0.496 e. The lowest BCUT2D eigenvalue weighted by Gasteiger charge is -2.13. The highest BCUT2D eigenvalue weighted by molar-refractivity contribution is 6.01. The molecule has 5 nitrogen and oxygen atoms in total. The predicted octanol–water partition coefficient (Wildman–Crippen LogP) is 2.56. The van der Waals surface area contributed by atoms with Crippen LogP contribution in [-0.2, 0) is 0 Å². The maximum absolute atomic E-state index is 14.3. The first-order valence-corrected chi connectivity index (χ1v) is 6.63. The molecule has 0 saturated heterocycles. The smallest absolute Gasteiger partial charge is 0.250 e. The van der Waals surface area contributed by atoms with Gasteiger partial charge in [0.1, 0.15) is 17.4 Å². The van der Waals surface area contributed by atoms with Crippen molar-refractivity contribution in [3.05, 3.63) is 53.9 Å². The number of nitrogens with zero attached hydrogens (tertiary/aromatic N) is 2. The van der Waals surface area contributed by atoms with Crippen LogP contribution in [0, 0.1) is 12.7 Å². The van der Waals surface area contributed by atoms with Crippen molar-refractivity contribution in [2.45, 2.75) is 6.92 Å².